The van der Waals surface area contributed by atoms with E-state index < -0.39 is 5.60 Å². The zero-order chi connectivity index (χ0) is 13.8. The number of likely N-dealkylation sites (tertiary alicyclic amines) is 1. The Balaban J connectivity index is 1.77. The molecule has 1 N–H and O–H groups in total. The van der Waals surface area contributed by atoms with E-state index in [0.717, 1.165) is 38.3 Å². The van der Waals surface area contributed by atoms with E-state index in [1.165, 1.54) is 0 Å². The Hall–Kier alpha value is -1.10. The number of fused-ring (bicyclic) bond motifs is 2. The molecule has 4 aliphatic rings. The minimum absolute atomic E-state index is 0.180. The van der Waals surface area contributed by atoms with Gasteiger partial charge in [0.1, 0.15) is 5.60 Å². The second-order valence-corrected chi connectivity index (χ2v) is 7.13. The summed E-state index contributed by atoms with van der Waals surface area (Å²) in [6.45, 7) is 9.24. The molecule has 4 fully saturated rings. The van der Waals surface area contributed by atoms with Gasteiger partial charge in [-0.1, -0.05) is 0 Å². The maximum Gasteiger partial charge on any atom is 0.410 e. The molecule has 5 heteroatoms. The minimum Gasteiger partial charge on any atom is -0.444 e. The fourth-order valence-corrected chi connectivity index (χ4v) is 3.75. The van der Waals surface area contributed by atoms with Gasteiger partial charge in [-0.15, -0.1) is 0 Å². The van der Waals surface area contributed by atoms with Crippen LogP contribution in [0.25, 0.3) is 0 Å². The van der Waals surface area contributed by atoms with Gasteiger partial charge in [0.2, 0.25) is 0 Å². The van der Waals surface area contributed by atoms with Crippen molar-refractivity contribution < 1.29 is 9.53 Å². The first-order valence-corrected chi connectivity index (χ1v) is 7.12. The molecule has 4 atom stereocenters. The van der Waals surface area contributed by atoms with Crippen molar-refractivity contribution in [1.29, 1.82) is 5.41 Å². The highest BCUT2D eigenvalue weighted by atomic mass is 16.6. The van der Waals surface area contributed by atoms with Crippen LogP contribution >= 0.6 is 0 Å². The van der Waals surface area contributed by atoms with E-state index in [2.05, 4.69) is 4.90 Å². The van der Waals surface area contributed by atoms with Gasteiger partial charge in [-0.2, -0.15) is 0 Å². The van der Waals surface area contributed by atoms with Crippen molar-refractivity contribution in [2.75, 3.05) is 26.2 Å². The van der Waals surface area contributed by atoms with Crippen LogP contribution < -0.4 is 0 Å². The van der Waals surface area contributed by atoms with E-state index in [1.807, 2.05) is 25.7 Å². The normalized spacial score (nSPS) is 37.4. The summed E-state index contributed by atoms with van der Waals surface area (Å²) in [5.41, 5.74) is 0.386. The average molecular weight is 265 g/mol. The third-order valence-corrected chi connectivity index (χ3v) is 4.39. The molecule has 4 bridgehead atoms. The van der Waals surface area contributed by atoms with Crippen LogP contribution in [0.3, 0.4) is 0 Å². The molecule has 4 saturated heterocycles. The fourth-order valence-electron chi connectivity index (χ4n) is 3.75. The number of amides is 1. The number of carbonyl (C=O) groups excluding carboxylic acids is 1. The summed E-state index contributed by atoms with van der Waals surface area (Å²) in [7, 11) is 0. The second-order valence-electron chi connectivity index (χ2n) is 7.13. The van der Waals surface area contributed by atoms with Crippen LogP contribution in [-0.4, -0.2) is 59.4 Å². The molecular formula is C14H23N3O2. The van der Waals surface area contributed by atoms with Crippen LogP contribution in [0.4, 0.5) is 4.79 Å². The van der Waals surface area contributed by atoms with Crippen molar-refractivity contribution in [1.82, 2.24) is 9.80 Å². The molecular weight excluding hydrogens is 242 g/mol. The van der Waals surface area contributed by atoms with E-state index in [4.69, 9.17) is 10.1 Å². The number of hydrogen-bond acceptors (Lipinski definition) is 4. The van der Waals surface area contributed by atoms with E-state index in [1.54, 1.807) is 0 Å². The van der Waals surface area contributed by atoms with E-state index in [9.17, 15) is 4.79 Å². The van der Waals surface area contributed by atoms with Crippen molar-refractivity contribution >= 4 is 11.8 Å². The first kappa shape index (κ1) is 12.9. The van der Waals surface area contributed by atoms with Gasteiger partial charge in [0, 0.05) is 31.9 Å². The SMILES string of the molecule is CC(C)(C)OC(=O)N1C[C@@H]2C[N@@]3CC(=N)CC2[C@@H]1C3. The summed E-state index contributed by atoms with van der Waals surface area (Å²) in [6, 6.07) is 0.247. The van der Waals surface area contributed by atoms with E-state index >= 15 is 0 Å². The van der Waals surface area contributed by atoms with Gasteiger partial charge in [0.05, 0.1) is 6.04 Å². The predicted molar refractivity (Wildman–Crippen MR) is 72.5 cm³/mol. The Morgan fingerprint density at radius 2 is 2.05 bits per heavy atom. The van der Waals surface area contributed by atoms with Crippen molar-refractivity contribution in [3.05, 3.63) is 0 Å². The lowest BCUT2D eigenvalue weighted by Crippen LogP contribution is -2.47. The molecule has 0 aromatic carbocycles. The van der Waals surface area contributed by atoms with Gasteiger partial charge < -0.3 is 15.0 Å². The summed E-state index contributed by atoms with van der Waals surface area (Å²) in [4.78, 5) is 16.5. The van der Waals surface area contributed by atoms with Gasteiger partial charge in [0.15, 0.2) is 0 Å². The zero-order valence-corrected chi connectivity index (χ0v) is 12.0. The molecule has 0 spiro atoms. The lowest BCUT2D eigenvalue weighted by atomic mass is 9.85. The minimum atomic E-state index is -0.435. The zero-order valence-electron chi connectivity index (χ0n) is 12.0. The number of nitrogens with zero attached hydrogens (tertiary/aromatic N) is 2. The first-order chi connectivity index (χ1) is 8.83. The van der Waals surface area contributed by atoms with Crippen molar-refractivity contribution in [2.24, 2.45) is 11.8 Å². The van der Waals surface area contributed by atoms with Gasteiger partial charge in [-0.25, -0.2) is 4.79 Å². The molecule has 4 heterocycles. The number of carbonyl (C=O) groups is 1. The van der Waals surface area contributed by atoms with Crippen molar-refractivity contribution in [3.63, 3.8) is 0 Å². The number of piperidine rings is 1. The molecule has 4 aliphatic heterocycles. The summed E-state index contributed by atoms with van der Waals surface area (Å²) in [5.74, 6) is 0.993. The highest BCUT2D eigenvalue weighted by Crippen LogP contribution is 2.40. The van der Waals surface area contributed by atoms with E-state index in [-0.39, 0.29) is 12.1 Å². The molecule has 5 nitrogen and oxygen atoms in total. The Morgan fingerprint density at radius 1 is 1.32 bits per heavy atom. The lowest BCUT2D eigenvalue weighted by Gasteiger charge is -2.34. The number of nitrogens with one attached hydrogen (secondary N) is 1. The summed E-state index contributed by atoms with van der Waals surface area (Å²) < 4.78 is 5.52. The largest absolute Gasteiger partial charge is 0.444 e. The van der Waals surface area contributed by atoms with Crippen molar-refractivity contribution in [2.45, 2.75) is 38.8 Å². The molecule has 1 unspecified atom stereocenters. The third-order valence-electron chi connectivity index (χ3n) is 4.39. The lowest BCUT2D eigenvalue weighted by molar-refractivity contribution is 0.0190. The maximum absolute atomic E-state index is 12.3. The summed E-state index contributed by atoms with van der Waals surface area (Å²) in [6.07, 6.45) is 0.672. The smallest absolute Gasteiger partial charge is 0.410 e. The van der Waals surface area contributed by atoms with Crippen LogP contribution in [-0.2, 0) is 4.74 Å². The van der Waals surface area contributed by atoms with E-state index in [0.29, 0.717) is 11.8 Å². The first-order valence-electron chi connectivity index (χ1n) is 7.12. The molecule has 19 heavy (non-hydrogen) atoms. The second kappa shape index (κ2) is 4.20. The van der Waals surface area contributed by atoms with Crippen molar-refractivity contribution in [3.8, 4) is 0 Å². The molecule has 0 aromatic rings. The van der Waals surface area contributed by atoms with Gasteiger partial charge in [0.25, 0.3) is 0 Å². The molecule has 0 saturated carbocycles. The molecule has 0 aromatic heterocycles. The Morgan fingerprint density at radius 3 is 2.74 bits per heavy atom. The quantitative estimate of drug-likeness (QED) is 0.723. The van der Waals surface area contributed by atoms with Crippen LogP contribution in [0.15, 0.2) is 0 Å². The van der Waals surface area contributed by atoms with Gasteiger partial charge in [-0.05, 0) is 39.0 Å². The van der Waals surface area contributed by atoms with Crippen LogP contribution in [0.5, 0.6) is 0 Å². The summed E-state index contributed by atoms with van der Waals surface area (Å²) in [5, 5.41) is 7.98. The highest BCUT2D eigenvalue weighted by molar-refractivity contribution is 5.84. The van der Waals surface area contributed by atoms with Crippen LogP contribution in [0.2, 0.25) is 0 Å². The van der Waals surface area contributed by atoms with Gasteiger partial charge >= 0.3 is 6.09 Å². The topological polar surface area (TPSA) is 56.6 Å². The number of ether oxygens (including phenoxy) is 1. The summed E-state index contributed by atoms with van der Waals surface area (Å²) >= 11 is 0. The number of hydrogen-bond donors (Lipinski definition) is 1. The Bertz CT molecular complexity index is 415. The average Bonchev–Trinajstić information content (AvgIpc) is 2.44. The maximum atomic E-state index is 12.3. The molecule has 4 rings (SSSR count). The molecule has 106 valence electrons. The van der Waals surface area contributed by atoms with Crippen LogP contribution in [0, 0.1) is 17.2 Å². The predicted octanol–water partition coefficient (Wildman–Crippen LogP) is 1.58. The van der Waals surface area contributed by atoms with Crippen LogP contribution in [0.1, 0.15) is 27.2 Å². The Labute approximate surface area is 114 Å². The standard InChI is InChI=1S/C14H23N3O2/c1-14(2,3)19-13(18)17-6-9-5-16-7-10(15)4-11(9)12(17)8-16/h9,11-12,15H,4-8H2,1-3H3/t9-,11?,12-/m0/s1. The number of rotatable bonds is 0. The fraction of sp³-hybridized carbons (Fsp3) is 0.857. The monoisotopic (exact) mass is 265 g/mol. The Kier molecular flexibility index (Phi) is 2.85. The molecule has 0 radical (unpaired) electrons. The highest BCUT2D eigenvalue weighted by Gasteiger charge is 2.51. The molecule has 0 aliphatic carbocycles. The molecule has 1 amide bonds. The third kappa shape index (κ3) is 2.36. The van der Waals surface area contributed by atoms with Gasteiger partial charge in [-0.3, -0.25) is 4.90 Å².